The van der Waals surface area contributed by atoms with Gasteiger partial charge in [-0.3, -0.25) is 0 Å². The van der Waals surface area contributed by atoms with Gasteiger partial charge in [-0.15, -0.1) is 0 Å². The number of hydrogen-bond acceptors (Lipinski definition) is 3. The van der Waals surface area contributed by atoms with Crippen LogP contribution in [0.4, 0.5) is 5.82 Å². The van der Waals surface area contributed by atoms with Crippen molar-refractivity contribution in [2.24, 2.45) is 0 Å². The number of nitrogens with zero attached hydrogens (tertiary/aromatic N) is 1. The lowest BCUT2D eigenvalue weighted by Crippen LogP contribution is -1.89. The number of aryl methyl sites for hydroxylation is 1. The van der Waals surface area contributed by atoms with Crippen molar-refractivity contribution in [3.8, 4) is 22.5 Å². The third-order valence-electron chi connectivity index (χ3n) is 3.18. The molecule has 3 aromatic rings. The lowest BCUT2D eigenvalue weighted by molar-refractivity contribution is 0.436. The summed E-state index contributed by atoms with van der Waals surface area (Å²) in [5.41, 5.74) is 9.92. The standard InChI is InChI=1S/C16H12Br2N2O/c1-9-2-4-10(5-3-9)14-15(21-20-16(14)19)11-6-12(17)8-13(18)7-11/h2-8H,1H3,(H2,19,20). The van der Waals surface area contributed by atoms with Crippen LogP contribution in [-0.4, -0.2) is 5.16 Å². The van der Waals surface area contributed by atoms with Gasteiger partial charge in [0.25, 0.3) is 0 Å². The van der Waals surface area contributed by atoms with Crippen LogP contribution >= 0.6 is 31.9 Å². The van der Waals surface area contributed by atoms with Gasteiger partial charge in [0.1, 0.15) is 0 Å². The van der Waals surface area contributed by atoms with Gasteiger partial charge in [-0.1, -0.05) is 66.8 Å². The SMILES string of the molecule is Cc1ccc(-c2c(N)noc2-c2cc(Br)cc(Br)c2)cc1. The maximum atomic E-state index is 6.00. The van der Waals surface area contributed by atoms with Crippen molar-refractivity contribution in [2.45, 2.75) is 6.92 Å². The van der Waals surface area contributed by atoms with Crippen molar-refractivity contribution in [1.82, 2.24) is 5.16 Å². The number of aromatic nitrogens is 1. The molecule has 0 aliphatic carbocycles. The topological polar surface area (TPSA) is 52.0 Å². The zero-order chi connectivity index (χ0) is 15.0. The quantitative estimate of drug-likeness (QED) is 0.616. The average molecular weight is 408 g/mol. The molecule has 0 fully saturated rings. The fourth-order valence-electron chi connectivity index (χ4n) is 2.18. The molecular weight excluding hydrogens is 396 g/mol. The first kappa shape index (κ1) is 14.4. The van der Waals surface area contributed by atoms with E-state index in [9.17, 15) is 0 Å². The number of rotatable bonds is 2. The minimum Gasteiger partial charge on any atom is -0.380 e. The van der Waals surface area contributed by atoms with E-state index < -0.39 is 0 Å². The highest BCUT2D eigenvalue weighted by molar-refractivity contribution is 9.11. The summed E-state index contributed by atoms with van der Waals surface area (Å²) in [5.74, 6) is 1.06. The van der Waals surface area contributed by atoms with Crippen molar-refractivity contribution in [1.29, 1.82) is 0 Å². The number of nitrogens with two attached hydrogens (primary N) is 1. The first-order valence-corrected chi connectivity index (χ1v) is 7.92. The van der Waals surface area contributed by atoms with Crippen LogP contribution in [0.5, 0.6) is 0 Å². The molecule has 0 saturated carbocycles. The van der Waals surface area contributed by atoms with Crippen LogP contribution in [0.15, 0.2) is 55.9 Å². The molecule has 0 aliphatic heterocycles. The summed E-state index contributed by atoms with van der Waals surface area (Å²) in [4.78, 5) is 0. The molecular formula is C16H12Br2N2O. The maximum absolute atomic E-state index is 6.00. The first-order valence-electron chi connectivity index (χ1n) is 6.33. The molecule has 5 heteroatoms. The molecule has 0 radical (unpaired) electrons. The molecule has 0 saturated heterocycles. The van der Waals surface area contributed by atoms with Gasteiger partial charge in [-0.25, -0.2) is 0 Å². The Labute approximate surface area is 139 Å². The van der Waals surface area contributed by atoms with Crippen molar-refractivity contribution >= 4 is 37.7 Å². The minimum atomic E-state index is 0.393. The van der Waals surface area contributed by atoms with Crippen LogP contribution in [0.25, 0.3) is 22.5 Å². The van der Waals surface area contributed by atoms with Crippen LogP contribution in [0, 0.1) is 6.92 Å². The number of nitrogen functional groups attached to an aromatic ring is 1. The second-order valence-corrected chi connectivity index (χ2v) is 6.63. The highest BCUT2D eigenvalue weighted by Crippen LogP contribution is 2.38. The van der Waals surface area contributed by atoms with E-state index in [1.54, 1.807) is 0 Å². The van der Waals surface area contributed by atoms with Crippen LogP contribution in [0.1, 0.15) is 5.56 Å². The predicted molar refractivity (Wildman–Crippen MR) is 91.9 cm³/mol. The maximum Gasteiger partial charge on any atom is 0.176 e. The fourth-order valence-corrected chi connectivity index (χ4v) is 3.48. The first-order chi connectivity index (χ1) is 10.0. The molecule has 106 valence electrons. The van der Waals surface area contributed by atoms with E-state index in [1.807, 2.05) is 49.4 Å². The third kappa shape index (κ3) is 2.89. The van der Waals surface area contributed by atoms with E-state index in [1.165, 1.54) is 5.56 Å². The fraction of sp³-hybridized carbons (Fsp3) is 0.0625. The third-order valence-corrected chi connectivity index (χ3v) is 4.10. The summed E-state index contributed by atoms with van der Waals surface area (Å²) in [5, 5.41) is 3.92. The van der Waals surface area contributed by atoms with Gasteiger partial charge in [0.05, 0.1) is 5.56 Å². The molecule has 1 aromatic heterocycles. The summed E-state index contributed by atoms with van der Waals surface area (Å²) >= 11 is 6.97. The van der Waals surface area contributed by atoms with Crippen molar-refractivity contribution in [3.05, 3.63) is 57.0 Å². The smallest absolute Gasteiger partial charge is 0.176 e. The predicted octanol–water partition coefficient (Wildman–Crippen LogP) is 5.42. The summed E-state index contributed by atoms with van der Waals surface area (Å²) < 4.78 is 7.37. The Morgan fingerprint density at radius 1 is 0.952 bits per heavy atom. The van der Waals surface area contributed by atoms with Crippen LogP contribution in [0.2, 0.25) is 0 Å². The van der Waals surface area contributed by atoms with Crippen LogP contribution in [-0.2, 0) is 0 Å². The number of anilines is 1. The molecule has 3 rings (SSSR count). The van der Waals surface area contributed by atoms with Gasteiger partial charge >= 0.3 is 0 Å². The van der Waals surface area contributed by atoms with Gasteiger partial charge < -0.3 is 10.3 Å². The Morgan fingerprint density at radius 3 is 2.19 bits per heavy atom. The Kier molecular flexibility index (Phi) is 3.87. The average Bonchev–Trinajstić information content (AvgIpc) is 2.80. The van der Waals surface area contributed by atoms with E-state index >= 15 is 0 Å². The van der Waals surface area contributed by atoms with Crippen LogP contribution in [0.3, 0.4) is 0 Å². The van der Waals surface area contributed by atoms with Gasteiger partial charge in [-0.05, 0) is 30.7 Å². The van der Waals surface area contributed by atoms with Crippen molar-refractivity contribution < 1.29 is 4.52 Å². The number of hydrogen-bond donors (Lipinski definition) is 1. The number of halogens is 2. The van der Waals surface area contributed by atoms with Crippen molar-refractivity contribution in [3.63, 3.8) is 0 Å². The lowest BCUT2D eigenvalue weighted by atomic mass is 10.0. The molecule has 0 atom stereocenters. The van der Waals surface area contributed by atoms with Crippen molar-refractivity contribution in [2.75, 3.05) is 5.73 Å². The van der Waals surface area contributed by atoms with Gasteiger partial charge in [0, 0.05) is 14.5 Å². The Balaban J connectivity index is 2.19. The zero-order valence-electron chi connectivity index (χ0n) is 11.2. The second-order valence-electron chi connectivity index (χ2n) is 4.80. The monoisotopic (exact) mass is 406 g/mol. The summed E-state index contributed by atoms with van der Waals surface area (Å²) in [6.45, 7) is 2.05. The van der Waals surface area contributed by atoms with E-state index in [2.05, 4.69) is 37.0 Å². The molecule has 1 heterocycles. The molecule has 2 aromatic carbocycles. The van der Waals surface area contributed by atoms with Crippen LogP contribution < -0.4 is 5.73 Å². The van der Waals surface area contributed by atoms with E-state index in [0.717, 1.165) is 25.6 Å². The summed E-state index contributed by atoms with van der Waals surface area (Å²) in [6, 6.07) is 14.0. The van der Waals surface area contributed by atoms with Gasteiger partial charge in [0.2, 0.25) is 0 Å². The highest BCUT2D eigenvalue weighted by Gasteiger charge is 2.18. The lowest BCUT2D eigenvalue weighted by Gasteiger charge is -2.05. The Bertz CT molecular complexity index is 774. The molecule has 0 spiro atoms. The minimum absolute atomic E-state index is 0.393. The Morgan fingerprint density at radius 2 is 1.57 bits per heavy atom. The molecule has 0 bridgehead atoms. The molecule has 0 unspecified atom stereocenters. The largest absolute Gasteiger partial charge is 0.380 e. The van der Waals surface area contributed by atoms with E-state index in [0.29, 0.717) is 11.6 Å². The number of benzene rings is 2. The normalized spacial score (nSPS) is 10.8. The summed E-state index contributed by atoms with van der Waals surface area (Å²) in [6.07, 6.45) is 0. The molecule has 0 amide bonds. The van der Waals surface area contributed by atoms with Gasteiger partial charge in [-0.2, -0.15) is 0 Å². The molecule has 0 aliphatic rings. The highest BCUT2D eigenvalue weighted by atomic mass is 79.9. The zero-order valence-corrected chi connectivity index (χ0v) is 14.4. The second kappa shape index (κ2) is 5.66. The molecule has 21 heavy (non-hydrogen) atoms. The molecule has 3 nitrogen and oxygen atoms in total. The Hall–Kier alpha value is -1.59. The summed E-state index contributed by atoms with van der Waals surface area (Å²) in [7, 11) is 0. The van der Waals surface area contributed by atoms with E-state index in [4.69, 9.17) is 10.3 Å². The van der Waals surface area contributed by atoms with E-state index in [-0.39, 0.29) is 0 Å². The van der Waals surface area contributed by atoms with Gasteiger partial charge in [0.15, 0.2) is 11.6 Å². The molecule has 2 N–H and O–H groups in total.